The van der Waals surface area contributed by atoms with E-state index in [1.54, 1.807) is 17.6 Å². The summed E-state index contributed by atoms with van der Waals surface area (Å²) in [5.74, 6) is 1.46. The van der Waals surface area contributed by atoms with Gasteiger partial charge in [0.05, 0.1) is 6.26 Å². The molecule has 5 nitrogen and oxygen atoms in total. The standard InChI is InChI=1S/C18H21N3O2S/c1-2-19-18(20-11-14-7-5-9-23-14)21-12-15(22)17-10-13-6-3-4-8-16(13)24-17/h3-10,15,22H,2,11-12H2,1H3,(H2,19,20,21). The molecule has 1 unspecified atom stereocenters. The van der Waals surface area contributed by atoms with Crippen molar-refractivity contribution in [3.8, 4) is 0 Å². The van der Waals surface area contributed by atoms with E-state index in [-0.39, 0.29) is 0 Å². The first-order valence-corrected chi connectivity index (χ1v) is 8.79. The molecule has 0 saturated carbocycles. The average molecular weight is 343 g/mol. The lowest BCUT2D eigenvalue weighted by Crippen LogP contribution is -2.39. The zero-order valence-corrected chi connectivity index (χ0v) is 14.3. The second-order valence-corrected chi connectivity index (χ2v) is 6.47. The second kappa shape index (κ2) is 7.99. The first kappa shape index (κ1) is 16.5. The molecule has 0 radical (unpaired) electrons. The Morgan fingerprint density at radius 1 is 1.25 bits per heavy atom. The molecule has 1 atom stereocenters. The van der Waals surface area contributed by atoms with Crippen molar-refractivity contribution in [1.82, 2.24) is 10.6 Å². The maximum atomic E-state index is 10.4. The van der Waals surface area contributed by atoms with Crippen LogP contribution in [0.15, 0.2) is 58.1 Å². The zero-order valence-electron chi connectivity index (χ0n) is 13.5. The van der Waals surface area contributed by atoms with E-state index in [0.29, 0.717) is 19.0 Å². The Labute approximate surface area is 145 Å². The van der Waals surface area contributed by atoms with Gasteiger partial charge in [-0.15, -0.1) is 11.3 Å². The van der Waals surface area contributed by atoms with E-state index in [9.17, 15) is 5.11 Å². The minimum Gasteiger partial charge on any atom is -0.467 e. The van der Waals surface area contributed by atoms with Gasteiger partial charge < -0.3 is 20.2 Å². The number of aliphatic hydroxyl groups is 1. The van der Waals surface area contributed by atoms with Crippen LogP contribution in [0.3, 0.4) is 0 Å². The summed E-state index contributed by atoms with van der Waals surface area (Å²) >= 11 is 1.62. The van der Waals surface area contributed by atoms with Crippen molar-refractivity contribution in [1.29, 1.82) is 0 Å². The highest BCUT2D eigenvalue weighted by atomic mass is 32.1. The maximum absolute atomic E-state index is 10.4. The smallest absolute Gasteiger partial charge is 0.191 e. The van der Waals surface area contributed by atoms with Crippen molar-refractivity contribution in [2.75, 3.05) is 13.1 Å². The minimum absolute atomic E-state index is 0.400. The average Bonchev–Trinajstić information content (AvgIpc) is 3.26. The molecule has 2 aromatic heterocycles. The van der Waals surface area contributed by atoms with Crippen LogP contribution in [-0.2, 0) is 6.54 Å². The number of hydrogen-bond donors (Lipinski definition) is 3. The van der Waals surface area contributed by atoms with Crippen LogP contribution in [0.25, 0.3) is 10.1 Å². The number of furan rings is 1. The van der Waals surface area contributed by atoms with E-state index in [1.165, 1.54) is 4.70 Å². The van der Waals surface area contributed by atoms with E-state index < -0.39 is 6.10 Å². The highest BCUT2D eigenvalue weighted by Crippen LogP contribution is 2.29. The number of nitrogens with one attached hydrogen (secondary N) is 2. The highest BCUT2D eigenvalue weighted by Gasteiger charge is 2.12. The predicted molar refractivity (Wildman–Crippen MR) is 98.3 cm³/mol. The number of benzene rings is 1. The molecule has 0 fully saturated rings. The summed E-state index contributed by atoms with van der Waals surface area (Å²) in [6.07, 6.45) is 1.06. The van der Waals surface area contributed by atoms with Crippen molar-refractivity contribution < 1.29 is 9.52 Å². The van der Waals surface area contributed by atoms with Crippen LogP contribution in [0.2, 0.25) is 0 Å². The zero-order chi connectivity index (χ0) is 16.8. The normalized spacial score (nSPS) is 13.2. The van der Waals surface area contributed by atoms with Gasteiger partial charge in [-0.05, 0) is 36.6 Å². The Morgan fingerprint density at radius 2 is 2.12 bits per heavy atom. The Balaban J connectivity index is 1.61. The molecule has 0 saturated heterocycles. The van der Waals surface area contributed by atoms with Crippen LogP contribution in [0.1, 0.15) is 23.7 Å². The molecule has 24 heavy (non-hydrogen) atoms. The molecule has 6 heteroatoms. The lowest BCUT2D eigenvalue weighted by atomic mass is 10.2. The summed E-state index contributed by atoms with van der Waals surface area (Å²) < 4.78 is 6.47. The fraction of sp³-hybridized carbons (Fsp3) is 0.278. The molecule has 0 spiro atoms. The van der Waals surface area contributed by atoms with Crippen LogP contribution in [-0.4, -0.2) is 24.2 Å². The summed E-state index contributed by atoms with van der Waals surface area (Å²) in [7, 11) is 0. The topological polar surface area (TPSA) is 69.8 Å². The Bertz CT molecular complexity index is 763. The number of rotatable bonds is 6. The van der Waals surface area contributed by atoms with Gasteiger partial charge in [-0.25, -0.2) is 4.99 Å². The quantitative estimate of drug-likeness (QED) is 0.474. The van der Waals surface area contributed by atoms with Gasteiger partial charge >= 0.3 is 0 Å². The third kappa shape index (κ3) is 4.15. The van der Waals surface area contributed by atoms with Gasteiger partial charge in [0.15, 0.2) is 5.96 Å². The van der Waals surface area contributed by atoms with Gasteiger partial charge in [0.2, 0.25) is 0 Å². The second-order valence-electron chi connectivity index (χ2n) is 5.36. The lowest BCUT2D eigenvalue weighted by molar-refractivity contribution is 0.184. The Kier molecular flexibility index (Phi) is 5.51. The molecule has 1 aromatic carbocycles. The molecule has 3 rings (SSSR count). The van der Waals surface area contributed by atoms with E-state index >= 15 is 0 Å². The molecule has 0 aliphatic carbocycles. The number of nitrogens with zero attached hydrogens (tertiary/aromatic N) is 1. The first-order valence-electron chi connectivity index (χ1n) is 7.97. The summed E-state index contributed by atoms with van der Waals surface area (Å²) in [5.41, 5.74) is 0. The lowest BCUT2D eigenvalue weighted by Gasteiger charge is -2.14. The molecule has 126 valence electrons. The van der Waals surface area contributed by atoms with E-state index in [1.807, 2.05) is 37.3 Å². The molecular formula is C18H21N3O2S. The number of hydrogen-bond acceptors (Lipinski definition) is 4. The van der Waals surface area contributed by atoms with E-state index in [4.69, 9.17) is 4.42 Å². The molecule has 3 N–H and O–H groups in total. The number of aliphatic imine (C=N–C) groups is 1. The molecule has 0 bridgehead atoms. The van der Waals surface area contributed by atoms with Gasteiger partial charge in [0.1, 0.15) is 18.4 Å². The highest BCUT2D eigenvalue weighted by molar-refractivity contribution is 7.19. The van der Waals surface area contributed by atoms with Gasteiger partial charge in [0, 0.05) is 22.7 Å². The van der Waals surface area contributed by atoms with Crippen molar-refractivity contribution in [3.63, 3.8) is 0 Å². The molecular weight excluding hydrogens is 322 g/mol. The SMILES string of the molecule is CCNC(=NCc1ccco1)NCC(O)c1cc2ccccc2s1. The number of guanidine groups is 1. The monoisotopic (exact) mass is 343 g/mol. The van der Waals surface area contributed by atoms with Crippen molar-refractivity contribution in [2.45, 2.75) is 19.6 Å². The van der Waals surface area contributed by atoms with Crippen molar-refractivity contribution in [2.24, 2.45) is 4.99 Å². The van der Waals surface area contributed by atoms with Gasteiger partial charge in [-0.1, -0.05) is 18.2 Å². The van der Waals surface area contributed by atoms with Gasteiger partial charge in [0.25, 0.3) is 0 Å². The van der Waals surface area contributed by atoms with Gasteiger partial charge in [-0.3, -0.25) is 0 Å². The summed E-state index contributed by atoms with van der Waals surface area (Å²) in [6.45, 7) is 3.62. The van der Waals surface area contributed by atoms with Crippen molar-refractivity contribution >= 4 is 27.4 Å². The molecule has 0 aliphatic heterocycles. The predicted octanol–water partition coefficient (Wildman–Crippen LogP) is 3.28. The van der Waals surface area contributed by atoms with Gasteiger partial charge in [-0.2, -0.15) is 0 Å². The Morgan fingerprint density at radius 3 is 2.88 bits per heavy atom. The Hall–Kier alpha value is -2.31. The molecule has 3 aromatic rings. The van der Waals surface area contributed by atoms with Crippen LogP contribution in [0, 0.1) is 0 Å². The maximum Gasteiger partial charge on any atom is 0.191 e. The van der Waals surface area contributed by atoms with Crippen LogP contribution in [0.5, 0.6) is 0 Å². The molecule has 0 aliphatic rings. The third-order valence-electron chi connectivity index (χ3n) is 3.55. The number of thiophene rings is 1. The number of fused-ring (bicyclic) bond motifs is 1. The van der Waals surface area contributed by atoms with Crippen LogP contribution in [0.4, 0.5) is 0 Å². The minimum atomic E-state index is -0.574. The first-order chi connectivity index (χ1) is 11.8. The van der Waals surface area contributed by atoms with Crippen molar-refractivity contribution in [3.05, 3.63) is 59.4 Å². The molecule has 0 amide bonds. The summed E-state index contributed by atoms with van der Waals surface area (Å²) in [6, 6.07) is 13.9. The van der Waals surface area contributed by atoms with Crippen LogP contribution < -0.4 is 10.6 Å². The largest absolute Gasteiger partial charge is 0.467 e. The fourth-order valence-electron chi connectivity index (χ4n) is 2.36. The molecule has 2 heterocycles. The van der Waals surface area contributed by atoms with Crippen LogP contribution >= 0.6 is 11.3 Å². The summed E-state index contributed by atoms with van der Waals surface area (Å²) in [4.78, 5) is 5.41. The third-order valence-corrected chi connectivity index (χ3v) is 4.77. The van der Waals surface area contributed by atoms with E-state index in [0.717, 1.165) is 22.6 Å². The summed E-state index contributed by atoms with van der Waals surface area (Å²) in [5, 5.41) is 17.9. The fourth-order valence-corrected chi connectivity index (χ4v) is 3.41. The number of aliphatic hydroxyl groups excluding tert-OH is 1. The van der Waals surface area contributed by atoms with E-state index in [2.05, 4.69) is 27.8 Å².